The Morgan fingerprint density at radius 2 is 2.00 bits per heavy atom. The summed E-state index contributed by atoms with van der Waals surface area (Å²) in [6.07, 6.45) is 3.07. The van der Waals surface area contributed by atoms with Gasteiger partial charge in [0.1, 0.15) is 17.4 Å². The van der Waals surface area contributed by atoms with Crippen LogP contribution >= 0.6 is 0 Å². The highest BCUT2D eigenvalue weighted by Crippen LogP contribution is 2.25. The zero-order valence-corrected chi connectivity index (χ0v) is 8.84. The summed E-state index contributed by atoms with van der Waals surface area (Å²) in [5, 5.41) is 3.10. The summed E-state index contributed by atoms with van der Waals surface area (Å²) in [5.41, 5.74) is 6.29. The predicted octanol–water partition coefficient (Wildman–Crippen LogP) is 1.81. The normalized spacial score (nSPS) is 9.81. The molecule has 0 bridgehead atoms. The molecule has 16 heavy (non-hydrogen) atoms. The van der Waals surface area contributed by atoms with Crippen molar-refractivity contribution in [2.45, 2.75) is 0 Å². The van der Waals surface area contributed by atoms with E-state index in [1.165, 1.54) is 6.20 Å². The minimum atomic E-state index is 0.394. The molecule has 0 atom stereocenters. The smallest absolute Gasteiger partial charge is 0.149 e. The zero-order valence-electron chi connectivity index (χ0n) is 8.84. The molecule has 82 valence electrons. The number of methoxy groups -OCH3 is 1. The van der Waals surface area contributed by atoms with Gasteiger partial charge < -0.3 is 15.8 Å². The highest BCUT2D eigenvalue weighted by atomic mass is 16.5. The number of nitrogens with one attached hydrogen (secondary N) is 1. The number of aromatic nitrogens is 2. The fourth-order valence-corrected chi connectivity index (χ4v) is 1.29. The molecule has 1 aromatic carbocycles. The molecule has 0 fully saturated rings. The van der Waals surface area contributed by atoms with Crippen molar-refractivity contribution < 1.29 is 4.74 Å². The highest BCUT2D eigenvalue weighted by molar-refractivity contribution is 5.63. The molecule has 0 spiro atoms. The Bertz CT molecular complexity index is 470. The van der Waals surface area contributed by atoms with Gasteiger partial charge in [0.05, 0.1) is 25.2 Å². The average molecular weight is 216 g/mol. The van der Waals surface area contributed by atoms with Crippen molar-refractivity contribution in [2.24, 2.45) is 0 Å². The lowest BCUT2D eigenvalue weighted by molar-refractivity contribution is 0.417. The van der Waals surface area contributed by atoms with Crippen LogP contribution in [0.3, 0.4) is 0 Å². The van der Waals surface area contributed by atoms with Gasteiger partial charge in [-0.25, -0.2) is 9.97 Å². The molecular weight excluding hydrogens is 204 g/mol. The van der Waals surface area contributed by atoms with E-state index < -0.39 is 0 Å². The lowest BCUT2D eigenvalue weighted by Gasteiger charge is -2.09. The summed E-state index contributed by atoms with van der Waals surface area (Å²) < 4.78 is 5.21. The highest BCUT2D eigenvalue weighted by Gasteiger charge is 2.02. The van der Waals surface area contributed by atoms with Crippen LogP contribution in [0.25, 0.3) is 0 Å². The number of anilines is 3. The van der Waals surface area contributed by atoms with Crippen molar-refractivity contribution in [2.75, 3.05) is 18.2 Å². The molecule has 2 aromatic rings. The maximum Gasteiger partial charge on any atom is 0.149 e. The van der Waals surface area contributed by atoms with Crippen LogP contribution in [-0.2, 0) is 0 Å². The number of nitrogens with two attached hydrogens (primary N) is 1. The van der Waals surface area contributed by atoms with E-state index in [1.54, 1.807) is 13.3 Å². The van der Waals surface area contributed by atoms with Crippen molar-refractivity contribution >= 4 is 17.3 Å². The number of para-hydroxylation sites is 2. The number of ether oxygens (including phenoxy) is 1. The third-order valence-corrected chi connectivity index (χ3v) is 2.04. The van der Waals surface area contributed by atoms with Crippen LogP contribution in [0.15, 0.2) is 36.7 Å². The summed E-state index contributed by atoms with van der Waals surface area (Å²) in [7, 11) is 1.62. The molecule has 2 rings (SSSR count). The SMILES string of the molecule is COc1ccccc1Nc1cnc(N)cn1. The molecule has 1 heterocycles. The van der Waals surface area contributed by atoms with Crippen LogP contribution in [0.4, 0.5) is 17.3 Å². The first-order valence-electron chi connectivity index (χ1n) is 4.77. The van der Waals surface area contributed by atoms with Crippen molar-refractivity contribution in [3.63, 3.8) is 0 Å². The fourth-order valence-electron chi connectivity index (χ4n) is 1.29. The van der Waals surface area contributed by atoms with Gasteiger partial charge in [0, 0.05) is 0 Å². The van der Waals surface area contributed by atoms with E-state index in [0.29, 0.717) is 11.6 Å². The van der Waals surface area contributed by atoms with Crippen LogP contribution in [0.2, 0.25) is 0 Å². The molecule has 1 aromatic heterocycles. The molecule has 5 heteroatoms. The van der Waals surface area contributed by atoms with Gasteiger partial charge in [-0.3, -0.25) is 0 Å². The summed E-state index contributed by atoms with van der Waals surface area (Å²) in [5.74, 6) is 1.77. The van der Waals surface area contributed by atoms with Crippen LogP contribution in [-0.4, -0.2) is 17.1 Å². The Kier molecular flexibility index (Phi) is 2.86. The molecule has 0 saturated heterocycles. The fraction of sp³-hybridized carbons (Fsp3) is 0.0909. The Labute approximate surface area is 93.3 Å². The van der Waals surface area contributed by atoms with Crippen molar-refractivity contribution in [3.05, 3.63) is 36.7 Å². The first-order chi connectivity index (χ1) is 7.79. The van der Waals surface area contributed by atoms with E-state index in [2.05, 4.69) is 15.3 Å². The van der Waals surface area contributed by atoms with Crippen LogP contribution < -0.4 is 15.8 Å². The molecule has 0 aliphatic rings. The first kappa shape index (κ1) is 10.2. The summed E-state index contributed by atoms with van der Waals surface area (Å²) in [4.78, 5) is 8.04. The quantitative estimate of drug-likeness (QED) is 0.818. The van der Waals surface area contributed by atoms with Crippen LogP contribution in [0.1, 0.15) is 0 Å². The number of nitrogens with zero attached hydrogens (tertiary/aromatic N) is 2. The van der Waals surface area contributed by atoms with Crippen molar-refractivity contribution in [1.82, 2.24) is 9.97 Å². The predicted molar refractivity (Wildman–Crippen MR) is 62.7 cm³/mol. The van der Waals surface area contributed by atoms with Gasteiger partial charge in [-0.15, -0.1) is 0 Å². The van der Waals surface area contributed by atoms with Crippen molar-refractivity contribution in [3.8, 4) is 5.75 Å². The molecular formula is C11H12N4O. The van der Waals surface area contributed by atoms with E-state index in [-0.39, 0.29) is 0 Å². The second-order valence-corrected chi connectivity index (χ2v) is 3.15. The second-order valence-electron chi connectivity index (χ2n) is 3.15. The van der Waals surface area contributed by atoms with Gasteiger partial charge in [0.15, 0.2) is 0 Å². The first-order valence-corrected chi connectivity index (χ1v) is 4.77. The molecule has 0 radical (unpaired) electrons. The number of hydrogen-bond acceptors (Lipinski definition) is 5. The van der Waals surface area contributed by atoms with Gasteiger partial charge in [-0.2, -0.15) is 0 Å². The molecule has 5 nitrogen and oxygen atoms in total. The van der Waals surface area contributed by atoms with Crippen LogP contribution in [0.5, 0.6) is 5.75 Å². The standard InChI is InChI=1S/C11H12N4O/c1-16-9-5-3-2-4-8(9)15-11-7-13-10(12)6-14-11/h2-7H,1H3,(H2,12,13)(H,14,15). The zero-order chi connectivity index (χ0) is 11.4. The van der Waals surface area contributed by atoms with Crippen LogP contribution in [0, 0.1) is 0 Å². The molecule has 0 saturated carbocycles. The molecule has 3 N–H and O–H groups in total. The van der Waals surface area contributed by atoms with Gasteiger partial charge in [-0.1, -0.05) is 12.1 Å². The topological polar surface area (TPSA) is 73.1 Å². The van der Waals surface area contributed by atoms with Gasteiger partial charge in [-0.05, 0) is 12.1 Å². The van der Waals surface area contributed by atoms with Gasteiger partial charge in [0.25, 0.3) is 0 Å². The van der Waals surface area contributed by atoms with Crippen molar-refractivity contribution in [1.29, 1.82) is 0 Å². The van der Waals surface area contributed by atoms with E-state index in [1.807, 2.05) is 24.3 Å². The summed E-state index contributed by atoms with van der Waals surface area (Å²) >= 11 is 0. The Balaban J connectivity index is 2.23. The second kappa shape index (κ2) is 4.48. The van der Waals surface area contributed by atoms with E-state index >= 15 is 0 Å². The minimum Gasteiger partial charge on any atom is -0.495 e. The number of rotatable bonds is 3. The summed E-state index contributed by atoms with van der Waals surface area (Å²) in [6, 6.07) is 7.58. The molecule has 0 unspecified atom stereocenters. The maximum atomic E-state index is 5.45. The third-order valence-electron chi connectivity index (χ3n) is 2.04. The van der Waals surface area contributed by atoms with E-state index in [9.17, 15) is 0 Å². The Morgan fingerprint density at radius 1 is 1.19 bits per heavy atom. The molecule has 0 aliphatic heterocycles. The largest absolute Gasteiger partial charge is 0.495 e. The lowest BCUT2D eigenvalue weighted by atomic mass is 10.3. The number of hydrogen-bond donors (Lipinski definition) is 2. The Morgan fingerprint density at radius 3 is 2.69 bits per heavy atom. The number of benzene rings is 1. The Hall–Kier alpha value is -2.30. The summed E-state index contributed by atoms with van der Waals surface area (Å²) in [6.45, 7) is 0. The van der Waals surface area contributed by atoms with E-state index in [0.717, 1.165) is 11.4 Å². The maximum absolute atomic E-state index is 5.45. The lowest BCUT2D eigenvalue weighted by Crippen LogP contribution is -1.98. The van der Waals surface area contributed by atoms with Gasteiger partial charge in [0.2, 0.25) is 0 Å². The van der Waals surface area contributed by atoms with E-state index in [4.69, 9.17) is 10.5 Å². The number of nitrogen functional groups attached to an aromatic ring is 1. The third kappa shape index (κ3) is 2.20. The molecule has 0 amide bonds. The monoisotopic (exact) mass is 216 g/mol. The van der Waals surface area contributed by atoms with Gasteiger partial charge >= 0.3 is 0 Å². The average Bonchev–Trinajstić information content (AvgIpc) is 2.33. The molecule has 0 aliphatic carbocycles. The minimum absolute atomic E-state index is 0.394.